The fraction of sp³-hybridized carbons (Fsp3) is 0.417. The monoisotopic (exact) mass is 326 g/mol. The summed E-state index contributed by atoms with van der Waals surface area (Å²) in [5.41, 5.74) is 0.277. The third-order valence-electron chi connectivity index (χ3n) is 2.46. The zero-order valence-corrected chi connectivity index (χ0v) is 13.7. The molecule has 0 saturated carbocycles. The van der Waals surface area contributed by atoms with Crippen molar-refractivity contribution in [3.63, 3.8) is 0 Å². The predicted molar refractivity (Wildman–Crippen MR) is 63.3 cm³/mol. The van der Waals surface area contributed by atoms with E-state index in [0.717, 1.165) is 0 Å². The summed E-state index contributed by atoms with van der Waals surface area (Å²) in [6.07, 6.45) is 0.322. The van der Waals surface area contributed by atoms with Gasteiger partial charge < -0.3 is 15.0 Å². The Morgan fingerprint density at radius 3 is 2.67 bits per heavy atom. The maximum atomic E-state index is 11.9. The van der Waals surface area contributed by atoms with Gasteiger partial charge in [-0.05, 0) is 37.0 Å². The Morgan fingerprint density at radius 2 is 2.11 bits per heavy atom. The minimum absolute atomic E-state index is 0. The molecule has 0 fully saturated rings. The van der Waals surface area contributed by atoms with Crippen molar-refractivity contribution in [3.8, 4) is 0 Å². The van der Waals surface area contributed by atoms with Crippen LogP contribution in [0.1, 0.15) is 41.3 Å². The molecule has 0 aliphatic carbocycles. The SMILES string of the molecule is O=C([O-])c1cc(Br)ccc1C(O)CCCCF.[Na+]. The fourth-order valence-electron chi connectivity index (χ4n) is 1.58. The van der Waals surface area contributed by atoms with Crippen molar-refractivity contribution in [2.75, 3.05) is 6.67 Å². The van der Waals surface area contributed by atoms with Gasteiger partial charge in [0.05, 0.1) is 18.7 Å². The van der Waals surface area contributed by atoms with Gasteiger partial charge in [-0.25, -0.2) is 0 Å². The summed E-state index contributed by atoms with van der Waals surface area (Å²) in [4.78, 5) is 10.9. The van der Waals surface area contributed by atoms with Gasteiger partial charge in [0.1, 0.15) is 0 Å². The van der Waals surface area contributed by atoms with Gasteiger partial charge in [-0.1, -0.05) is 22.0 Å². The molecule has 0 aliphatic rings. The first-order valence-electron chi connectivity index (χ1n) is 5.31. The Hall–Kier alpha value is 0.0600. The molecule has 1 rings (SSSR count). The first kappa shape index (κ1) is 18.1. The molecule has 3 nitrogen and oxygen atoms in total. The zero-order chi connectivity index (χ0) is 12.8. The van der Waals surface area contributed by atoms with Gasteiger partial charge in [0.15, 0.2) is 0 Å². The van der Waals surface area contributed by atoms with E-state index in [4.69, 9.17) is 0 Å². The van der Waals surface area contributed by atoms with Gasteiger partial charge in [-0.2, -0.15) is 0 Å². The van der Waals surface area contributed by atoms with Crippen LogP contribution in [0.2, 0.25) is 0 Å². The molecule has 0 spiro atoms. The van der Waals surface area contributed by atoms with E-state index in [1.54, 1.807) is 6.07 Å². The normalized spacial score (nSPS) is 11.7. The van der Waals surface area contributed by atoms with Crippen molar-refractivity contribution in [2.24, 2.45) is 0 Å². The molecule has 0 bridgehead atoms. The summed E-state index contributed by atoms with van der Waals surface area (Å²) in [6, 6.07) is 4.58. The number of aromatic carboxylic acids is 1. The van der Waals surface area contributed by atoms with Gasteiger partial charge in [-0.15, -0.1) is 0 Å². The van der Waals surface area contributed by atoms with Crippen molar-refractivity contribution < 1.29 is 49.0 Å². The molecule has 0 amide bonds. The number of rotatable bonds is 6. The molecule has 94 valence electrons. The molecule has 1 aromatic carbocycles. The number of carboxylic acids is 1. The topological polar surface area (TPSA) is 60.4 Å². The molecule has 6 heteroatoms. The summed E-state index contributed by atoms with van der Waals surface area (Å²) in [7, 11) is 0. The summed E-state index contributed by atoms with van der Waals surface area (Å²) in [5.74, 6) is -1.33. The smallest absolute Gasteiger partial charge is 0.545 e. The molecule has 18 heavy (non-hydrogen) atoms. The number of hydrogen-bond donors (Lipinski definition) is 1. The third kappa shape index (κ3) is 5.36. The Morgan fingerprint density at radius 1 is 1.44 bits per heavy atom. The Kier molecular flexibility index (Phi) is 9.07. The van der Waals surface area contributed by atoms with Crippen LogP contribution in [0.25, 0.3) is 0 Å². The maximum absolute atomic E-state index is 11.9. The van der Waals surface area contributed by atoms with Crippen LogP contribution >= 0.6 is 15.9 Å². The van der Waals surface area contributed by atoms with Crippen LogP contribution in [0.4, 0.5) is 4.39 Å². The number of aliphatic hydroxyl groups is 1. The number of carbonyl (C=O) groups excluding carboxylic acids is 1. The van der Waals surface area contributed by atoms with Crippen LogP contribution in [0.15, 0.2) is 22.7 Å². The third-order valence-corrected chi connectivity index (χ3v) is 2.95. The van der Waals surface area contributed by atoms with Gasteiger partial charge in [-0.3, -0.25) is 4.39 Å². The van der Waals surface area contributed by atoms with E-state index in [1.165, 1.54) is 12.1 Å². The summed E-state index contributed by atoms with van der Waals surface area (Å²) in [5, 5.41) is 20.7. The van der Waals surface area contributed by atoms with Crippen LogP contribution < -0.4 is 34.7 Å². The molecule has 0 saturated heterocycles. The van der Waals surface area contributed by atoms with E-state index in [9.17, 15) is 19.4 Å². The molecular formula is C12H13BrFNaO3. The van der Waals surface area contributed by atoms with Crippen molar-refractivity contribution >= 4 is 21.9 Å². The van der Waals surface area contributed by atoms with Crippen molar-refractivity contribution in [1.82, 2.24) is 0 Å². The second-order valence-corrected chi connectivity index (χ2v) is 4.64. The van der Waals surface area contributed by atoms with Crippen LogP contribution in [-0.4, -0.2) is 17.8 Å². The molecule has 1 atom stereocenters. The van der Waals surface area contributed by atoms with E-state index in [1.807, 2.05) is 0 Å². The number of halogens is 2. The maximum Gasteiger partial charge on any atom is 1.00 e. The number of aliphatic hydroxyl groups excluding tert-OH is 1. The fourth-order valence-corrected chi connectivity index (χ4v) is 1.94. The number of carboxylic acid groups (broad SMARTS) is 1. The van der Waals surface area contributed by atoms with E-state index >= 15 is 0 Å². The first-order chi connectivity index (χ1) is 8.06. The van der Waals surface area contributed by atoms with E-state index in [-0.39, 0.29) is 35.1 Å². The molecule has 1 unspecified atom stereocenters. The zero-order valence-electron chi connectivity index (χ0n) is 10.2. The van der Waals surface area contributed by atoms with E-state index in [2.05, 4.69) is 15.9 Å². The number of unbranched alkanes of at least 4 members (excludes halogenated alkanes) is 1. The number of alkyl halides is 1. The molecule has 0 aliphatic heterocycles. The van der Waals surface area contributed by atoms with Crippen LogP contribution in [-0.2, 0) is 0 Å². The Bertz CT molecular complexity index is 401. The van der Waals surface area contributed by atoms with Crippen LogP contribution in [0.3, 0.4) is 0 Å². The number of carbonyl (C=O) groups is 1. The van der Waals surface area contributed by atoms with Crippen LogP contribution in [0, 0.1) is 0 Å². The van der Waals surface area contributed by atoms with E-state index < -0.39 is 18.7 Å². The quantitative estimate of drug-likeness (QED) is 0.538. The summed E-state index contributed by atoms with van der Waals surface area (Å²) in [6.45, 7) is -0.430. The first-order valence-corrected chi connectivity index (χ1v) is 6.10. The Balaban J connectivity index is 0.00000289. The second kappa shape index (κ2) is 9.04. The Labute approximate surface area is 136 Å². The average Bonchev–Trinajstić information content (AvgIpc) is 2.29. The average molecular weight is 327 g/mol. The summed E-state index contributed by atoms with van der Waals surface area (Å²) >= 11 is 3.16. The van der Waals surface area contributed by atoms with Gasteiger partial charge in [0.25, 0.3) is 0 Å². The molecule has 1 N–H and O–H groups in total. The molecule has 0 aromatic heterocycles. The van der Waals surface area contributed by atoms with Crippen molar-refractivity contribution in [1.29, 1.82) is 0 Å². The summed E-state index contributed by atoms with van der Waals surface area (Å²) < 4.78 is 12.5. The standard InChI is InChI=1S/C12H14BrFO3.Na/c13-8-4-5-9(10(7-8)12(16)17)11(15)3-1-2-6-14;/h4-5,7,11,15H,1-3,6H2,(H,16,17);/q;+1/p-1. The number of benzene rings is 1. The molecule has 0 heterocycles. The van der Waals surface area contributed by atoms with E-state index in [0.29, 0.717) is 29.3 Å². The minimum Gasteiger partial charge on any atom is -0.545 e. The number of hydrogen-bond acceptors (Lipinski definition) is 3. The van der Waals surface area contributed by atoms with Crippen molar-refractivity contribution in [2.45, 2.75) is 25.4 Å². The second-order valence-electron chi connectivity index (χ2n) is 3.72. The molecular weight excluding hydrogens is 314 g/mol. The van der Waals surface area contributed by atoms with Gasteiger partial charge in [0.2, 0.25) is 0 Å². The molecule has 1 aromatic rings. The van der Waals surface area contributed by atoms with Gasteiger partial charge in [0, 0.05) is 10.0 Å². The predicted octanol–water partition coefficient (Wildman–Crippen LogP) is -1.01. The van der Waals surface area contributed by atoms with Gasteiger partial charge >= 0.3 is 29.6 Å². The molecule has 0 radical (unpaired) electrons. The minimum atomic E-state index is -1.33. The van der Waals surface area contributed by atoms with Crippen LogP contribution in [0.5, 0.6) is 0 Å². The van der Waals surface area contributed by atoms with Crippen molar-refractivity contribution in [3.05, 3.63) is 33.8 Å². The largest absolute Gasteiger partial charge is 1.00 e.